The van der Waals surface area contributed by atoms with E-state index in [-0.39, 0.29) is 0 Å². The van der Waals surface area contributed by atoms with Crippen molar-refractivity contribution in [1.29, 1.82) is 0 Å². The van der Waals surface area contributed by atoms with Crippen molar-refractivity contribution in [1.82, 2.24) is 9.88 Å². The van der Waals surface area contributed by atoms with Crippen molar-refractivity contribution < 1.29 is 0 Å². The number of nitrogens with zero attached hydrogens (tertiary/aromatic N) is 2. The number of hydrogen-bond donors (Lipinski definition) is 0. The van der Waals surface area contributed by atoms with Crippen molar-refractivity contribution in [2.75, 3.05) is 13.1 Å². The lowest BCUT2D eigenvalue weighted by atomic mass is 10.1. The van der Waals surface area contributed by atoms with Gasteiger partial charge in [0.1, 0.15) is 0 Å². The molecule has 0 saturated carbocycles. The van der Waals surface area contributed by atoms with Crippen LogP contribution in [-0.2, 0) is 6.54 Å². The highest BCUT2D eigenvalue weighted by Gasteiger charge is 2.17. The molecule has 0 bridgehead atoms. The third-order valence-electron chi connectivity index (χ3n) is 2.62. The molecule has 0 radical (unpaired) electrons. The Balaban J connectivity index is 1.96. The standard InChI is InChI=1S/C11H14Br2N2/c12-10-2-1-3-15(8-10)7-9-4-11(13)6-14-5-9/h4-6,10H,1-3,7-8H2. The Kier molecular flexibility index (Phi) is 4.17. The molecule has 0 amide bonds. The summed E-state index contributed by atoms with van der Waals surface area (Å²) < 4.78 is 1.06. The number of pyridine rings is 1. The molecule has 0 aromatic carbocycles. The lowest BCUT2D eigenvalue weighted by Gasteiger charge is -2.29. The summed E-state index contributed by atoms with van der Waals surface area (Å²) in [5.74, 6) is 0. The van der Waals surface area contributed by atoms with Crippen LogP contribution in [0.1, 0.15) is 18.4 Å². The van der Waals surface area contributed by atoms with Gasteiger partial charge in [0.15, 0.2) is 0 Å². The Morgan fingerprint density at radius 3 is 3.07 bits per heavy atom. The summed E-state index contributed by atoms with van der Waals surface area (Å²) in [6.45, 7) is 3.36. The van der Waals surface area contributed by atoms with Gasteiger partial charge in [-0.05, 0) is 46.9 Å². The molecular weight excluding hydrogens is 320 g/mol. The number of halogens is 2. The Morgan fingerprint density at radius 1 is 1.47 bits per heavy atom. The largest absolute Gasteiger partial charge is 0.298 e. The van der Waals surface area contributed by atoms with Crippen LogP contribution in [0.3, 0.4) is 0 Å². The molecule has 1 unspecified atom stereocenters. The average molecular weight is 334 g/mol. The van der Waals surface area contributed by atoms with Crippen molar-refractivity contribution in [2.24, 2.45) is 0 Å². The van der Waals surface area contributed by atoms with Crippen molar-refractivity contribution in [3.05, 3.63) is 28.5 Å². The topological polar surface area (TPSA) is 16.1 Å². The predicted octanol–water partition coefficient (Wildman–Crippen LogP) is 3.20. The van der Waals surface area contributed by atoms with Gasteiger partial charge in [-0.1, -0.05) is 15.9 Å². The molecule has 2 nitrogen and oxygen atoms in total. The molecule has 1 fully saturated rings. The molecule has 1 saturated heterocycles. The summed E-state index contributed by atoms with van der Waals surface area (Å²) in [6.07, 6.45) is 6.36. The van der Waals surface area contributed by atoms with Crippen LogP contribution in [0.15, 0.2) is 22.9 Å². The summed E-state index contributed by atoms with van der Waals surface area (Å²) in [6, 6.07) is 2.14. The summed E-state index contributed by atoms with van der Waals surface area (Å²) in [4.78, 5) is 7.32. The van der Waals surface area contributed by atoms with Gasteiger partial charge < -0.3 is 0 Å². The zero-order valence-electron chi connectivity index (χ0n) is 8.50. The quantitative estimate of drug-likeness (QED) is 0.773. The van der Waals surface area contributed by atoms with E-state index in [0.717, 1.165) is 17.6 Å². The fraction of sp³-hybridized carbons (Fsp3) is 0.545. The van der Waals surface area contributed by atoms with Gasteiger partial charge in [0.05, 0.1) is 0 Å². The second kappa shape index (κ2) is 5.41. The number of aromatic nitrogens is 1. The molecule has 2 rings (SSSR count). The van der Waals surface area contributed by atoms with E-state index < -0.39 is 0 Å². The highest BCUT2D eigenvalue weighted by molar-refractivity contribution is 9.10. The first-order valence-electron chi connectivity index (χ1n) is 5.20. The molecule has 1 aliphatic rings. The van der Waals surface area contributed by atoms with Gasteiger partial charge in [0, 0.05) is 34.8 Å². The van der Waals surface area contributed by atoms with Crippen LogP contribution in [0, 0.1) is 0 Å². The maximum absolute atomic E-state index is 4.18. The summed E-state index contributed by atoms with van der Waals surface area (Å²) >= 11 is 7.14. The van der Waals surface area contributed by atoms with E-state index in [1.165, 1.54) is 24.9 Å². The molecule has 0 aliphatic carbocycles. The summed E-state index contributed by atoms with van der Waals surface area (Å²) in [5.41, 5.74) is 1.28. The molecule has 82 valence electrons. The normalized spacial score (nSPS) is 22.9. The van der Waals surface area contributed by atoms with Gasteiger partial charge in [-0.2, -0.15) is 0 Å². The maximum atomic E-state index is 4.18. The summed E-state index contributed by atoms with van der Waals surface area (Å²) in [5, 5.41) is 0. The maximum Gasteiger partial charge on any atom is 0.0410 e. The third-order valence-corrected chi connectivity index (χ3v) is 3.80. The molecule has 0 N–H and O–H groups in total. The van der Waals surface area contributed by atoms with Gasteiger partial charge in [0.25, 0.3) is 0 Å². The van der Waals surface area contributed by atoms with Crippen LogP contribution >= 0.6 is 31.9 Å². The van der Waals surface area contributed by atoms with Crippen molar-refractivity contribution >= 4 is 31.9 Å². The molecule has 0 spiro atoms. The Labute approximate surface area is 107 Å². The van der Waals surface area contributed by atoms with Crippen molar-refractivity contribution in [2.45, 2.75) is 24.2 Å². The lowest BCUT2D eigenvalue weighted by molar-refractivity contribution is 0.227. The minimum atomic E-state index is 0.659. The first-order valence-corrected chi connectivity index (χ1v) is 6.91. The van der Waals surface area contributed by atoms with Crippen LogP contribution in [0.25, 0.3) is 0 Å². The molecule has 4 heteroatoms. The second-order valence-electron chi connectivity index (χ2n) is 3.99. The minimum absolute atomic E-state index is 0.659. The monoisotopic (exact) mass is 332 g/mol. The van der Waals surface area contributed by atoms with Crippen molar-refractivity contribution in [3.63, 3.8) is 0 Å². The van der Waals surface area contributed by atoms with Gasteiger partial charge in [-0.15, -0.1) is 0 Å². The van der Waals surface area contributed by atoms with Gasteiger partial charge in [-0.25, -0.2) is 0 Å². The molecule has 2 heterocycles. The fourth-order valence-corrected chi connectivity index (χ4v) is 3.09. The average Bonchev–Trinajstić information content (AvgIpc) is 2.17. The third kappa shape index (κ3) is 3.54. The van der Waals surface area contributed by atoms with Crippen molar-refractivity contribution in [3.8, 4) is 0 Å². The van der Waals surface area contributed by atoms with Gasteiger partial charge in [-0.3, -0.25) is 9.88 Å². The second-order valence-corrected chi connectivity index (χ2v) is 6.20. The lowest BCUT2D eigenvalue weighted by Crippen LogP contribution is -2.35. The van der Waals surface area contributed by atoms with E-state index in [0.29, 0.717) is 4.83 Å². The zero-order valence-corrected chi connectivity index (χ0v) is 11.7. The molecule has 1 aromatic heterocycles. The SMILES string of the molecule is Brc1cncc(CN2CCCC(Br)C2)c1. The van der Waals surface area contributed by atoms with Gasteiger partial charge >= 0.3 is 0 Å². The Hall–Kier alpha value is 0.0700. The number of hydrogen-bond acceptors (Lipinski definition) is 2. The van der Waals surface area contributed by atoms with E-state index in [4.69, 9.17) is 0 Å². The predicted molar refractivity (Wildman–Crippen MR) is 69.2 cm³/mol. The number of piperidine rings is 1. The first kappa shape index (κ1) is 11.6. The molecular formula is C11H14Br2N2. The van der Waals surface area contributed by atoms with Crippen LogP contribution < -0.4 is 0 Å². The molecule has 15 heavy (non-hydrogen) atoms. The van der Waals surface area contributed by atoms with Crippen LogP contribution in [0.4, 0.5) is 0 Å². The number of alkyl halides is 1. The van der Waals surface area contributed by atoms with Crippen LogP contribution in [-0.4, -0.2) is 27.8 Å². The number of likely N-dealkylation sites (tertiary alicyclic amines) is 1. The summed E-state index contributed by atoms with van der Waals surface area (Å²) in [7, 11) is 0. The van der Waals surface area contributed by atoms with Crippen LogP contribution in [0.5, 0.6) is 0 Å². The molecule has 1 aliphatic heterocycles. The minimum Gasteiger partial charge on any atom is -0.298 e. The van der Waals surface area contributed by atoms with E-state index in [1.807, 2.05) is 12.4 Å². The smallest absolute Gasteiger partial charge is 0.0410 e. The fourth-order valence-electron chi connectivity index (χ4n) is 1.94. The highest BCUT2D eigenvalue weighted by Crippen LogP contribution is 2.19. The molecule has 1 aromatic rings. The Bertz CT molecular complexity index is 330. The van der Waals surface area contributed by atoms with E-state index in [1.54, 1.807) is 0 Å². The van der Waals surface area contributed by atoms with E-state index in [9.17, 15) is 0 Å². The Morgan fingerprint density at radius 2 is 2.33 bits per heavy atom. The van der Waals surface area contributed by atoms with Gasteiger partial charge in [0.2, 0.25) is 0 Å². The van der Waals surface area contributed by atoms with Crippen LogP contribution in [0.2, 0.25) is 0 Å². The first-order chi connectivity index (χ1) is 7.24. The van der Waals surface area contributed by atoms with E-state index in [2.05, 4.69) is 47.8 Å². The van der Waals surface area contributed by atoms with E-state index >= 15 is 0 Å². The number of rotatable bonds is 2. The highest BCUT2D eigenvalue weighted by atomic mass is 79.9. The molecule has 1 atom stereocenters. The zero-order chi connectivity index (χ0) is 10.7.